The van der Waals surface area contributed by atoms with Crippen LogP contribution < -0.4 is 0 Å². The van der Waals surface area contributed by atoms with Gasteiger partial charge in [-0.3, -0.25) is 0 Å². The second-order valence-corrected chi connectivity index (χ2v) is 4.70. The third-order valence-corrected chi connectivity index (χ3v) is 3.64. The van der Waals surface area contributed by atoms with Crippen LogP contribution in [0.5, 0.6) is 5.75 Å². The molecule has 1 N–H and O–H groups in total. The van der Waals surface area contributed by atoms with E-state index in [0.717, 1.165) is 6.42 Å². The van der Waals surface area contributed by atoms with Crippen molar-refractivity contribution in [3.63, 3.8) is 0 Å². The maximum absolute atomic E-state index is 13.3. The molecule has 1 aromatic rings. The maximum Gasteiger partial charge on any atom is 0.235 e. The van der Waals surface area contributed by atoms with Gasteiger partial charge in [0.1, 0.15) is 5.54 Å². The van der Waals surface area contributed by atoms with Crippen molar-refractivity contribution in [1.29, 1.82) is 0 Å². The molecule has 0 aliphatic heterocycles. The fourth-order valence-corrected chi connectivity index (χ4v) is 2.69. The van der Waals surface area contributed by atoms with Crippen LogP contribution in [-0.2, 0) is 10.3 Å². The summed E-state index contributed by atoms with van der Waals surface area (Å²) in [7, 11) is 0. The molecule has 0 radical (unpaired) electrons. The van der Waals surface area contributed by atoms with Crippen LogP contribution in [0, 0.1) is 5.82 Å². The minimum atomic E-state index is -0.799. The molecule has 0 atom stereocenters. The number of aliphatic imine (C=N–C) groups is 1. The second-order valence-electron chi connectivity index (χ2n) is 3.84. The highest BCUT2D eigenvalue weighted by Gasteiger charge is 2.43. The van der Waals surface area contributed by atoms with E-state index in [9.17, 15) is 14.3 Å². The van der Waals surface area contributed by atoms with Gasteiger partial charge in [-0.25, -0.2) is 9.18 Å². The summed E-state index contributed by atoms with van der Waals surface area (Å²) in [4.78, 5) is 14.1. The number of carbonyl (C=O) groups excluding carboxylic acids is 1. The first kappa shape index (κ1) is 11.3. The number of phenolic OH excluding ortho intramolecular Hbond substituents is 1. The van der Waals surface area contributed by atoms with Gasteiger partial charge in [-0.15, -0.1) is 0 Å². The normalized spacial score (nSPS) is 17.4. The lowest BCUT2D eigenvalue weighted by atomic mass is 9.72. The van der Waals surface area contributed by atoms with Crippen LogP contribution >= 0.6 is 15.9 Å². The van der Waals surface area contributed by atoms with Crippen LogP contribution in [-0.4, -0.2) is 11.2 Å². The number of benzene rings is 1. The molecule has 16 heavy (non-hydrogen) atoms. The van der Waals surface area contributed by atoms with Crippen molar-refractivity contribution in [1.82, 2.24) is 0 Å². The highest BCUT2D eigenvalue weighted by atomic mass is 79.9. The third kappa shape index (κ3) is 1.56. The molecule has 1 saturated carbocycles. The summed E-state index contributed by atoms with van der Waals surface area (Å²) in [6.45, 7) is 0. The number of rotatable bonds is 2. The third-order valence-electron chi connectivity index (χ3n) is 2.98. The van der Waals surface area contributed by atoms with E-state index in [4.69, 9.17) is 0 Å². The molecule has 1 aromatic carbocycles. The van der Waals surface area contributed by atoms with E-state index < -0.39 is 17.1 Å². The average molecular weight is 286 g/mol. The molecule has 0 unspecified atom stereocenters. The molecule has 0 spiro atoms. The highest BCUT2D eigenvalue weighted by Crippen LogP contribution is 2.50. The predicted octanol–water partition coefficient (Wildman–Crippen LogP) is 3.01. The van der Waals surface area contributed by atoms with E-state index in [-0.39, 0.29) is 0 Å². The Labute approximate surface area is 100 Å². The number of phenols is 1. The summed E-state index contributed by atoms with van der Waals surface area (Å²) < 4.78 is 13.8. The Bertz CT molecular complexity index is 479. The molecular weight excluding hydrogens is 277 g/mol. The molecule has 84 valence electrons. The van der Waals surface area contributed by atoms with Crippen molar-refractivity contribution in [2.45, 2.75) is 24.8 Å². The van der Waals surface area contributed by atoms with Crippen LogP contribution in [0.3, 0.4) is 0 Å². The van der Waals surface area contributed by atoms with Gasteiger partial charge < -0.3 is 5.11 Å². The van der Waals surface area contributed by atoms with Crippen LogP contribution in [0.15, 0.2) is 21.6 Å². The smallest absolute Gasteiger partial charge is 0.235 e. The molecule has 0 aromatic heterocycles. The van der Waals surface area contributed by atoms with Crippen molar-refractivity contribution in [3.8, 4) is 5.75 Å². The summed E-state index contributed by atoms with van der Waals surface area (Å²) in [6, 6.07) is 2.67. The van der Waals surface area contributed by atoms with Crippen LogP contribution in [0.4, 0.5) is 4.39 Å². The van der Waals surface area contributed by atoms with Crippen molar-refractivity contribution in [2.75, 3.05) is 0 Å². The Morgan fingerprint density at radius 2 is 2.19 bits per heavy atom. The zero-order chi connectivity index (χ0) is 11.8. The Morgan fingerprint density at radius 1 is 1.50 bits per heavy atom. The van der Waals surface area contributed by atoms with Gasteiger partial charge in [0.2, 0.25) is 6.08 Å². The summed E-state index contributed by atoms with van der Waals surface area (Å²) >= 11 is 3.25. The molecule has 0 bridgehead atoms. The van der Waals surface area contributed by atoms with Crippen LogP contribution in [0.2, 0.25) is 0 Å². The number of hydrogen-bond acceptors (Lipinski definition) is 3. The first-order chi connectivity index (χ1) is 7.60. The number of hydrogen-bond donors (Lipinski definition) is 1. The number of nitrogens with zero attached hydrogens (tertiary/aromatic N) is 1. The first-order valence-corrected chi connectivity index (χ1v) is 5.66. The number of halogens is 2. The van der Waals surface area contributed by atoms with Gasteiger partial charge in [-0.2, -0.15) is 4.99 Å². The molecule has 5 heteroatoms. The van der Waals surface area contributed by atoms with E-state index in [1.807, 2.05) is 0 Å². The SMILES string of the molecule is O=C=NC1(c2c(Br)ccc(F)c2O)CCC1. The zero-order valence-corrected chi connectivity index (χ0v) is 9.92. The van der Waals surface area contributed by atoms with E-state index in [0.29, 0.717) is 22.9 Å². The van der Waals surface area contributed by atoms with Crippen LogP contribution in [0.25, 0.3) is 0 Å². The molecule has 0 amide bonds. The van der Waals surface area contributed by atoms with Gasteiger partial charge in [-0.1, -0.05) is 15.9 Å². The standard InChI is InChI=1S/C11H9BrFNO2/c12-7-2-3-8(13)10(16)9(7)11(14-6-15)4-1-5-11/h2-3,16H,1,4-5H2. The van der Waals surface area contributed by atoms with Gasteiger partial charge in [0.25, 0.3) is 0 Å². The lowest BCUT2D eigenvalue weighted by Crippen LogP contribution is -2.32. The van der Waals surface area contributed by atoms with Crippen molar-refractivity contribution in [2.24, 2.45) is 4.99 Å². The Morgan fingerprint density at radius 3 is 2.69 bits per heavy atom. The monoisotopic (exact) mass is 285 g/mol. The average Bonchev–Trinajstić information content (AvgIpc) is 2.20. The second kappa shape index (κ2) is 4.00. The molecular formula is C11H9BrFNO2. The van der Waals surface area contributed by atoms with Gasteiger partial charge in [-0.05, 0) is 31.4 Å². The Kier molecular flexibility index (Phi) is 2.82. The van der Waals surface area contributed by atoms with E-state index >= 15 is 0 Å². The number of aromatic hydroxyl groups is 1. The molecule has 1 aliphatic rings. The molecule has 1 fully saturated rings. The lowest BCUT2D eigenvalue weighted by Gasteiger charge is -2.38. The summed E-state index contributed by atoms with van der Waals surface area (Å²) in [5.41, 5.74) is -0.450. The topological polar surface area (TPSA) is 49.7 Å². The first-order valence-electron chi connectivity index (χ1n) is 4.87. The van der Waals surface area contributed by atoms with Gasteiger partial charge in [0.05, 0.1) is 0 Å². The van der Waals surface area contributed by atoms with Crippen molar-refractivity contribution >= 4 is 22.0 Å². The molecule has 0 heterocycles. The molecule has 0 saturated heterocycles. The van der Waals surface area contributed by atoms with Gasteiger partial charge >= 0.3 is 0 Å². The predicted molar refractivity (Wildman–Crippen MR) is 59.4 cm³/mol. The number of isocyanates is 1. The van der Waals surface area contributed by atoms with E-state index in [1.165, 1.54) is 18.2 Å². The summed E-state index contributed by atoms with van der Waals surface area (Å²) in [6.07, 6.45) is 3.65. The van der Waals surface area contributed by atoms with Crippen molar-refractivity contribution in [3.05, 3.63) is 28.0 Å². The van der Waals surface area contributed by atoms with Crippen molar-refractivity contribution < 1.29 is 14.3 Å². The molecule has 3 nitrogen and oxygen atoms in total. The fourth-order valence-electron chi connectivity index (χ4n) is 2.00. The minimum absolute atomic E-state index is 0.349. The Hall–Kier alpha value is -1.19. The minimum Gasteiger partial charge on any atom is -0.505 e. The van der Waals surface area contributed by atoms with E-state index in [1.54, 1.807) is 0 Å². The molecule has 2 rings (SSSR count). The largest absolute Gasteiger partial charge is 0.505 e. The van der Waals surface area contributed by atoms with Gasteiger partial charge in [0, 0.05) is 10.0 Å². The van der Waals surface area contributed by atoms with Gasteiger partial charge in [0.15, 0.2) is 11.6 Å². The summed E-state index contributed by atoms with van der Waals surface area (Å²) in [5.74, 6) is -1.14. The van der Waals surface area contributed by atoms with Crippen LogP contribution in [0.1, 0.15) is 24.8 Å². The lowest BCUT2D eigenvalue weighted by molar-refractivity contribution is 0.244. The van der Waals surface area contributed by atoms with E-state index in [2.05, 4.69) is 20.9 Å². The zero-order valence-electron chi connectivity index (χ0n) is 8.33. The quantitative estimate of drug-likeness (QED) is 0.671. The highest BCUT2D eigenvalue weighted by molar-refractivity contribution is 9.10. The maximum atomic E-state index is 13.3. The molecule has 1 aliphatic carbocycles. The Balaban J connectivity index is 2.62. The fraction of sp³-hybridized carbons (Fsp3) is 0.364. The summed E-state index contributed by atoms with van der Waals surface area (Å²) in [5, 5.41) is 9.71.